The molecule has 0 bridgehead atoms. The third-order valence-corrected chi connectivity index (χ3v) is 6.89. The van der Waals surface area contributed by atoms with Gasteiger partial charge in [0.1, 0.15) is 6.10 Å². The maximum Gasteiger partial charge on any atom is 0.411 e. The van der Waals surface area contributed by atoms with E-state index in [-0.39, 0.29) is 24.5 Å². The Labute approximate surface area is 235 Å². The summed E-state index contributed by atoms with van der Waals surface area (Å²) in [4.78, 5) is 41.4. The fourth-order valence-electron chi connectivity index (χ4n) is 4.71. The Morgan fingerprint density at radius 2 is 1.65 bits per heavy atom. The Bertz CT molecular complexity index is 1290. The second kappa shape index (κ2) is 14.3. The molecule has 3 aromatic rings. The molecule has 3 amide bonds. The highest BCUT2D eigenvalue weighted by atomic mass is 16.6. The molecule has 1 fully saturated rings. The van der Waals surface area contributed by atoms with Gasteiger partial charge in [-0.1, -0.05) is 54.6 Å². The number of anilines is 2. The number of nitrogens with zero attached hydrogens (tertiary/aromatic N) is 2. The quantitative estimate of drug-likeness (QED) is 0.353. The standard InChI is InChI=1S/C31H37N5O4/c1-32-22-29(37)33-25-12-8-11-24(21-25)30(38)35(2)19-20-36-17-15-26(16-18-36)40-31(39)34-28-14-7-6-13-27(28)23-9-4-3-5-10-23/h3-14,21,26,32H,15-20,22H2,1-2H3,(H,33,37)(H,34,39). The highest BCUT2D eigenvalue weighted by Crippen LogP contribution is 2.28. The SMILES string of the molecule is CNCC(=O)Nc1cccc(C(=O)N(C)CCN2CCC(OC(=O)Nc3ccccc3-c3ccccc3)CC2)c1. The molecule has 0 saturated carbocycles. The molecule has 1 aliphatic heterocycles. The van der Waals surface area contributed by atoms with E-state index in [9.17, 15) is 14.4 Å². The molecular weight excluding hydrogens is 506 g/mol. The van der Waals surface area contributed by atoms with Crippen molar-refractivity contribution in [3.05, 3.63) is 84.4 Å². The summed E-state index contributed by atoms with van der Waals surface area (Å²) in [5.74, 6) is -0.266. The molecule has 1 heterocycles. The molecule has 3 N–H and O–H groups in total. The molecule has 3 aromatic carbocycles. The van der Waals surface area contributed by atoms with Crippen LogP contribution in [0.25, 0.3) is 11.1 Å². The van der Waals surface area contributed by atoms with Crippen molar-refractivity contribution >= 4 is 29.3 Å². The summed E-state index contributed by atoms with van der Waals surface area (Å²) in [7, 11) is 3.48. The monoisotopic (exact) mass is 543 g/mol. The lowest BCUT2D eigenvalue weighted by Gasteiger charge is -2.32. The van der Waals surface area contributed by atoms with E-state index >= 15 is 0 Å². The Morgan fingerprint density at radius 1 is 0.925 bits per heavy atom. The second-order valence-electron chi connectivity index (χ2n) is 9.87. The first-order chi connectivity index (χ1) is 19.4. The zero-order chi connectivity index (χ0) is 28.3. The lowest BCUT2D eigenvalue weighted by molar-refractivity contribution is -0.115. The van der Waals surface area contributed by atoms with Gasteiger partial charge in [-0.25, -0.2) is 4.79 Å². The minimum absolute atomic E-state index is 0.101. The molecular formula is C31H37N5O4. The maximum absolute atomic E-state index is 12.9. The van der Waals surface area contributed by atoms with Gasteiger partial charge in [-0.2, -0.15) is 0 Å². The summed E-state index contributed by atoms with van der Waals surface area (Å²) in [5, 5.41) is 8.49. The van der Waals surface area contributed by atoms with Crippen molar-refractivity contribution in [3.63, 3.8) is 0 Å². The molecule has 40 heavy (non-hydrogen) atoms. The van der Waals surface area contributed by atoms with Crippen molar-refractivity contribution in [3.8, 4) is 11.1 Å². The van der Waals surface area contributed by atoms with Crippen LogP contribution in [0.5, 0.6) is 0 Å². The summed E-state index contributed by atoms with van der Waals surface area (Å²) in [6.45, 7) is 3.06. The van der Waals surface area contributed by atoms with E-state index in [0.29, 0.717) is 17.8 Å². The minimum atomic E-state index is -0.448. The summed E-state index contributed by atoms with van der Waals surface area (Å²) in [6, 6.07) is 24.6. The van der Waals surface area contributed by atoms with Crippen molar-refractivity contribution in [1.82, 2.24) is 15.1 Å². The van der Waals surface area contributed by atoms with Gasteiger partial charge in [0.05, 0.1) is 12.2 Å². The second-order valence-corrected chi connectivity index (χ2v) is 9.87. The number of benzene rings is 3. The van der Waals surface area contributed by atoms with Gasteiger partial charge in [-0.3, -0.25) is 14.9 Å². The van der Waals surface area contributed by atoms with Crippen molar-refractivity contribution < 1.29 is 19.1 Å². The minimum Gasteiger partial charge on any atom is -0.446 e. The fraction of sp³-hybridized carbons (Fsp3) is 0.323. The first kappa shape index (κ1) is 28.8. The van der Waals surface area contributed by atoms with Crippen LogP contribution in [0.4, 0.5) is 16.2 Å². The lowest BCUT2D eigenvalue weighted by atomic mass is 10.0. The van der Waals surface area contributed by atoms with Gasteiger partial charge in [0.25, 0.3) is 5.91 Å². The summed E-state index contributed by atoms with van der Waals surface area (Å²) < 4.78 is 5.73. The Balaban J connectivity index is 1.21. The summed E-state index contributed by atoms with van der Waals surface area (Å²) in [6.07, 6.45) is 0.872. The van der Waals surface area contributed by atoms with Gasteiger partial charge in [0, 0.05) is 50.0 Å². The van der Waals surface area contributed by atoms with Crippen molar-refractivity contribution in [2.75, 3.05) is 57.5 Å². The first-order valence-electron chi connectivity index (χ1n) is 13.6. The van der Waals surface area contributed by atoms with E-state index in [2.05, 4.69) is 20.9 Å². The molecule has 0 unspecified atom stereocenters. The van der Waals surface area contributed by atoms with E-state index in [1.54, 1.807) is 43.3 Å². The van der Waals surface area contributed by atoms with Crippen molar-refractivity contribution in [1.29, 1.82) is 0 Å². The number of ether oxygens (including phenoxy) is 1. The highest BCUT2D eigenvalue weighted by molar-refractivity contribution is 5.97. The first-order valence-corrected chi connectivity index (χ1v) is 13.6. The Kier molecular flexibility index (Phi) is 10.3. The third-order valence-electron chi connectivity index (χ3n) is 6.89. The number of carbonyl (C=O) groups excluding carboxylic acids is 3. The van der Waals surface area contributed by atoms with Crippen LogP contribution in [0.3, 0.4) is 0 Å². The molecule has 0 spiro atoms. The summed E-state index contributed by atoms with van der Waals surface area (Å²) >= 11 is 0. The molecule has 9 nitrogen and oxygen atoms in total. The summed E-state index contributed by atoms with van der Waals surface area (Å²) in [5.41, 5.74) is 3.80. The number of amides is 3. The average Bonchev–Trinajstić information content (AvgIpc) is 2.97. The molecule has 1 saturated heterocycles. The number of para-hydroxylation sites is 1. The zero-order valence-electron chi connectivity index (χ0n) is 23.1. The number of hydrogen-bond donors (Lipinski definition) is 3. The molecule has 4 rings (SSSR count). The molecule has 0 atom stereocenters. The van der Waals surface area contributed by atoms with Crippen molar-refractivity contribution in [2.24, 2.45) is 0 Å². The molecule has 9 heteroatoms. The fourth-order valence-corrected chi connectivity index (χ4v) is 4.71. The highest BCUT2D eigenvalue weighted by Gasteiger charge is 2.23. The van der Waals surface area contributed by atoms with E-state index in [1.165, 1.54) is 0 Å². The number of likely N-dealkylation sites (tertiary alicyclic amines) is 1. The van der Waals surface area contributed by atoms with E-state index < -0.39 is 6.09 Å². The van der Waals surface area contributed by atoms with Gasteiger partial charge in [-0.15, -0.1) is 0 Å². The molecule has 0 aromatic heterocycles. The number of rotatable bonds is 10. The van der Waals surface area contributed by atoms with Crippen LogP contribution in [-0.2, 0) is 9.53 Å². The van der Waals surface area contributed by atoms with Crippen LogP contribution in [0.1, 0.15) is 23.2 Å². The average molecular weight is 544 g/mol. The van der Waals surface area contributed by atoms with E-state index in [0.717, 1.165) is 49.3 Å². The third kappa shape index (κ3) is 8.14. The van der Waals surface area contributed by atoms with E-state index in [1.807, 2.05) is 54.6 Å². The number of hydrogen-bond acceptors (Lipinski definition) is 6. The predicted molar refractivity (Wildman–Crippen MR) is 157 cm³/mol. The molecule has 0 radical (unpaired) electrons. The van der Waals surface area contributed by atoms with Crippen LogP contribution in [-0.4, -0.2) is 80.6 Å². The van der Waals surface area contributed by atoms with Crippen LogP contribution < -0.4 is 16.0 Å². The smallest absolute Gasteiger partial charge is 0.411 e. The largest absolute Gasteiger partial charge is 0.446 e. The topological polar surface area (TPSA) is 103 Å². The number of carbonyl (C=O) groups is 3. The van der Waals surface area contributed by atoms with Crippen LogP contribution in [0, 0.1) is 0 Å². The van der Waals surface area contributed by atoms with Gasteiger partial charge in [0.15, 0.2) is 0 Å². The van der Waals surface area contributed by atoms with Gasteiger partial charge in [0.2, 0.25) is 5.91 Å². The Morgan fingerprint density at radius 3 is 2.40 bits per heavy atom. The van der Waals surface area contributed by atoms with Crippen LogP contribution in [0.2, 0.25) is 0 Å². The Hall–Kier alpha value is -4.21. The number of likely N-dealkylation sites (N-methyl/N-ethyl adjacent to an activating group) is 2. The van der Waals surface area contributed by atoms with Gasteiger partial charge < -0.3 is 25.2 Å². The molecule has 0 aliphatic carbocycles. The normalized spacial score (nSPS) is 13.8. The van der Waals surface area contributed by atoms with Crippen LogP contribution in [0.15, 0.2) is 78.9 Å². The van der Waals surface area contributed by atoms with Gasteiger partial charge >= 0.3 is 6.09 Å². The predicted octanol–water partition coefficient (Wildman–Crippen LogP) is 4.30. The van der Waals surface area contributed by atoms with Gasteiger partial charge in [-0.05, 0) is 49.7 Å². The van der Waals surface area contributed by atoms with E-state index in [4.69, 9.17) is 4.74 Å². The molecule has 1 aliphatic rings. The number of nitrogens with one attached hydrogen (secondary N) is 3. The zero-order valence-corrected chi connectivity index (χ0v) is 23.1. The van der Waals surface area contributed by atoms with Crippen molar-refractivity contribution in [2.45, 2.75) is 18.9 Å². The lowest BCUT2D eigenvalue weighted by Crippen LogP contribution is -2.42. The van der Waals surface area contributed by atoms with Crippen LogP contribution >= 0.6 is 0 Å². The number of piperidine rings is 1. The molecule has 210 valence electrons. The maximum atomic E-state index is 12.9.